The molecule has 2 aromatic heterocycles. The Labute approximate surface area is 76.3 Å². The van der Waals surface area contributed by atoms with Crippen LogP contribution in [0.2, 0.25) is 0 Å². The van der Waals surface area contributed by atoms with E-state index in [0.29, 0.717) is 0 Å². The second-order valence-corrected chi connectivity index (χ2v) is 2.62. The summed E-state index contributed by atoms with van der Waals surface area (Å²) in [4.78, 5) is 8.10. The van der Waals surface area contributed by atoms with E-state index in [-0.39, 0.29) is 0 Å². The molecule has 0 saturated heterocycles. The summed E-state index contributed by atoms with van der Waals surface area (Å²) < 4.78 is 1.93. The maximum Gasteiger partial charge on any atom is 0.127 e. The van der Waals surface area contributed by atoms with Crippen molar-refractivity contribution in [3.05, 3.63) is 37.1 Å². The molecular weight excluding hydrogens is 164 g/mol. The second kappa shape index (κ2) is 3.26. The molecule has 0 atom stereocenters. The van der Waals surface area contributed by atoms with E-state index in [1.54, 1.807) is 18.7 Å². The molecule has 0 radical (unpaired) electrons. The van der Waals surface area contributed by atoms with Crippen LogP contribution in [-0.2, 0) is 0 Å². The third kappa shape index (κ3) is 1.51. The third-order valence-electron chi connectivity index (χ3n) is 1.80. The molecule has 0 aliphatic rings. The Morgan fingerprint density at radius 2 is 2.31 bits per heavy atom. The highest BCUT2D eigenvalue weighted by Crippen LogP contribution is 2.10. The first-order valence-electron chi connectivity index (χ1n) is 4.02. The van der Waals surface area contributed by atoms with Crippen LogP contribution >= 0.6 is 0 Å². The topological polar surface area (TPSA) is 42.7 Å². The summed E-state index contributed by atoms with van der Waals surface area (Å²) in [5, 5.41) is 2.98. The van der Waals surface area contributed by atoms with Crippen molar-refractivity contribution in [1.82, 2.24) is 14.5 Å². The molecule has 66 valence electrons. The zero-order valence-electron chi connectivity index (χ0n) is 7.31. The lowest BCUT2D eigenvalue weighted by Crippen LogP contribution is -1.95. The Bertz CT molecular complexity index is 380. The molecule has 0 fully saturated rings. The van der Waals surface area contributed by atoms with E-state index in [4.69, 9.17) is 0 Å². The number of pyridine rings is 1. The minimum Gasteiger partial charge on any atom is -0.373 e. The summed E-state index contributed by atoms with van der Waals surface area (Å²) in [5.74, 6) is 0.853. The zero-order chi connectivity index (χ0) is 9.10. The van der Waals surface area contributed by atoms with Gasteiger partial charge in [0.15, 0.2) is 0 Å². The highest BCUT2D eigenvalue weighted by atomic mass is 15.0. The fourth-order valence-electron chi connectivity index (χ4n) is 1.13. The lowest BCUT2D eigenvalue weighted by atomic mass is 10.4. The van der Waals surface area contributed by atoms with Crippen molar-refractivity contribution in [3.63, 3.8) is 0 Å². The van der Waals surface area contributed by atoms with E-state index in [0.717, 1.165) is 11.5 Å². The molecule has 2 heterocycles. The molecule has 0 unspecified atom stereocenters. The van der Waals surface area contributed by atoms with Crippen LogP contribution in [0.15, 0.2) is 37.1 Å². The summed E-state index contributed by atoms with van der Waals surface area (Å²) in [6.45, 7) is 0. The molecule has 13 heavy (non-hydrogen) atoms. The standard InChI is InChI=1S/C9H10N4/c1-10-9-6-8(2-3-12-9)13-5-4-11-7-13/h2-7H,1H3,(H,10,12). The van der Waals surface area contributed by atoms with E-state index in [1.165, 1.54) is 0 Å². The van der Waals surface area contributed by atoms with Crippen LogP contribution < -0.4 is 5.32 Å². The largest absolute Gasteiger partial charge is 0.373 e. The monoisotopic (exact) mass is 174 g/mol. The van der Waals surface area contributed by atoms with Crippen molar-refractivity contribution in [2.45, 2.75) is 0 Å². The normalized spacial score (nSPS) is 9.92. The fraction of sp³-hybridized carbons (Fsp3) is 0.111. The first-order valence-corrected chi connectivity index (χ1v) is 4.02. The smallest absolute Gasteiger partial charge is 0.127 e. The zero-order valence-corrected chi connectivity index (χ0v) is 7.31. The van der Waals surface area contributed by atoms with Crippen LogP contribution in [0.1, 0.15) is 0 Å². The van der Waals surface area contributed by atoms with Crippen LogP contribution in [-0.4, -0.2) is 21.6 Å². The number of aromatic nitrogens is 3. The van der Waals surface area contributed by atoms with Gasteiger partial charge >= 0.3 is 0 Å². The first-order chi connectivity index (χ1) is 6.40. The Kier molecular flexibility index (Phi) is 1.96. The van der Waals surface area contributed by atoms with Crippen LogP contribution in [0.4, 0.5) is 5.82 Å². The molecule has 0 aliphatic carbocycles. The maximum atomic E-state index is 4.12. The van der Waals surface area contributed by atoms with Gasteiger partial charge < -0.3 is 9.88 Å². The van der Waals surface area contributed by atoms with E-state index < -0.39 is 0 Å². The minimum absolute atomic E-state index is 0.853. The van der Waals surface area contributed by atoms with E-state index in [2.05, 4.69) is 15.3 Å². The molecule has 0 amide bonds. The van der Waals surface area contributed by atoms with Gasteiger partial charge in [0.2, 0.25) is 0 Å². The van der Waals surface area contributed by atoms with E-state index in [9.17, 15) is 0 Å². The maximum absolute atomic E-state index is 4.12. The number of hydrogen-bond acceptors (Lipinski definition) is 3. The highest BCUT2D eigenvalue weighted by Gasteiger charge is 1.96. The van der Waals surface area contributed by atoms with Gasteiger partial charge in [0, 0.05) is 31.7 Å². The van der Waals surface area contributed by atoms with Crippen molar-refractivity contribution in [1.29, 1.82) is 0 Å². The Hall–Kier alpha value is -1.84. The molecule has 4 heteroatoms. The van der Waals surface area contributed by atoms with Crippen molar-refractivity contribution in [3.8, 4) is 5.69 Å². The number of rotatable bonds is 2. The molecule has 4 nitrogen and oxygen atoms in total. The SMILES string of the molecule is CNc1cc(-n2ccnc2)ccn1. The van der Waals surface area contributed by atoms with Crippen molar-refractivity contribution < 1.29 is 0 Å². The lowest BCUT2D eigenvalue weighted by Gasteiger charge is -2.03. The third-order valence-corrected chi connectivity index (χ3v) is 1.80. The van der Waals surface area contributed by atoms with Gasteiger partial charge in [0.25, 0.3) is 0 Å². The Morgan fingerprint density at radius 3 is 3.00 bits per heavy atom. The average Bonchev–Trinajstić information content (AvgIpc) is 2.71. The number of imidazole rings is 1. The van der Waals surface area contributed by atoms with Gasteiger partial charge in [-0.1, -0.05) is 0 Å². The number of hydrogen-bond donors (Lipinski definition) is 1. The van der Waals surface area contributed by atoms with Crippen LogP contribution in [0.3, 0.4) is 0 Å². The number of nitrogens with one attached hydrogen (secondary N) is 1. The van der Waals surface area contributed by atoms with Gasteiger partial charge in [-0.3, -0.25) is 0 Å². The predicted molar refractivity (Wildman–Crippen MR) is 50.9 cm³/mol. The summed E-state index contributed by atoms with van der Waals surface area (Å²) >= 11 is 0. The number of anilines is 1. The van der Waals surface area contributed by atoms with Crippen LogP contribution in [0.25, 0.3) is 5.69 Å². The van der Waals surface area contributed by atoms with Gasteiger partial charge in [-0.2, -0.15) is 0 Å². The minimum atomic E-state index is 0.853. The Morgan fingerprint density at radius 1 is 1.38 bits per heavy atom. The van der Waals surface area contributed by atoms with Gasteiger partial charge in [0.1, 0.15) is 5.82 Å². The molecule has 1 N–H and O–H groups in total. The van der Waals surface area contributed by atoms with Gasteiger partial charge in [-0.15, -0.1) is 0 Å². The van der Waals surface area contributed by atoms with Crippen molar-refractivity contribution in [2.75, 3.05) is 12.4 Å². The molecule has 0 saturated carbocycles. The number of nitrogens with zero attached hydrogens (tertiary/aromatic N) is 3. The lowest BCUT2D eigenvalue weighted by molar-refractivity contribution is 1.05. The molecular formula is C9H10N4. The van der Waals surface area contributed by atoms with E-state index in [1.807, 2.05) is 29.9 Å². The summed E-state index contributed by atoms with van der Waals surface area (Å²) in [6, 6.07) is 3.89. The Balaban J connectivity index is 2.41. The molecule has 0 aromatic carbocycles. The van der Waals surface area contributed by atoms with Crippen LogP contribution in [0.5, 0.6) is 0 Å². The van der Waals surface area contributed by atoms with E-state index >= 15 is 0 Å². The molecule has 2 rings (SSSR count). The fourth-order valence-corrected chi connectivity index (χ4v) is 1.13. The van der Waals surface area contributed by atoms with Crippen molar-refractivity contribution >= 4 is 5.82 Å². The van der Waals surface area contributed by atoms with Gasteiger partial charge in [0.05, 0.1) is 12.0 Å². The van der Waals surface area contributed by atoms with Gasteiger partial charge in [-0.05, 0) is 6.07 Å². The summed E-state index contributed by atoms with van der Waals surface area (Å²) in [5.41, 5.74) is 1.05. The highest BCUT2D eigenvalue weighted by molar-refractivity contribution is 5.44. The van der Waals surface area contributed by atoms with Crippen molar-refractivity contribution in [2.24, 2.45) is 0 Å². The quantitative estimate of drug-likeness (QED) is 0.746. The molecule has 0 aliphatic heterocycles. The molecule has 0 spiro atoms. The molecule has 0 bridgehead atoms. The summed E-state index contributed by atoms with van der Waals surface area (Å²) in [7, 11) is 1.85. The predicted octanol–water partition coefficient (Wildman–Crippen LogP) is 1.31. The average molecular weight is 174 g/mol. The summed E-state index contributed by atoms with van der Waals surface area (Å²) in [6.07, 6.45) is 7.17. The van der Waals surface area contributed by atoms with Gasteiger partial charge in [-0.25, -0.2) is 9.97 Å². The van der Waals surface area contributed by atoms with Crippen LogP contribution in [0, 0.1) is 0 Å². The first kappa shape index (κ1) is 7.79. The molecule has 2 aromatic rings. The second-order valence-electron chi connectivity index (χ2n) is 2.62.